The molecule has 14 heavy (non-hydrogen) atoms. The number of carbonyl (C=O) groups is 2. The highest BCUT2D eigenvalue weighted by Gasteiger charge is 2.10. The number of hydrogen-bond acceptors (Lipinski definition) is 2. The molecule has 0 unspecified atom stereocenters. The summed E-state index contributed by atoms with van der Waals surface area (Å²) >= 11 is 5.77. The molecule has 0 radical (unpaired) electrons. The molecule has 1 N–H and O–H groups in total. The monoisotopic (exact) mass is 212 g/mol. The van der Waals surface area contributed by atoms with Crippen LogP contribution in [0.5, 0.6) is 0 Å². The number of rotatable bonds is 4. The summed E-state index contributed by atoms with van der Waals surface area (Å²) < 4.78 is 0. The number of benzene rings is 1. The molecule has 0 saturated heterocycles. The minimum absolute atomic E-state index is 0.0148. The fourth-order valence-corrected chi connectivity index (χ4v) is 1.28. The van der Waals surface area contributed by atoms with Crippen molar-refractivity contribution in [1.29, 1.82) is 0 Å². The lowest BCUT2D eigenvalue weighted by Gasteiger charge is -2.00. The first-order chi connectivity index (χ1) is 6.61. The van der Waals surface area contributed by atoms with Crippen LogP contribution in [-0.2, 0) is 4.79 Å². The predicted molar refractivity (Wildman–Crippen MR) is 52.7 cm³/mol. The molecule has 0 fully saturated rings. The second-order valence-corrected chi connectivity index (χ2v) is 3.20. The second-order valence-electron chi connectivity index (χ2n) is 2.80. The summed E-state index contributed by atoms with van der Waals surface area (Å²) in [5, 5.41) is 8.76. The summed E-state index contributed by atoms with van der Waals surface area (Å²) in [7, 11) is 0. The van der Waals surface area contributed by atoms with E-state index in [1.54, 1.807) is 24.3 Å². The Balaban J connectivity index is 2.70. The number of Topliss-reactive ketones (excluding diaryl/α,β-unsaturated/α-hetero) is 1. The van der Waals surface area contributed by atoms with E-state index in [2.05, 4.69) is 0 Å². The molecule has 1 rings (SSSR count). The van der Waals surface area contributed by atoms with Crippen LogP contribution in [0.1, 0.15) is 23.2 Å². The van der Waals surface area contributed by atoms with Gasteiger partial charge >= 0.3 is 5.97 Å². The molecule has 0 heterocycles. The Hall–Kier alpha value is -1.35. The Kier molecular flexibility index (Phi) is 3.65. The summed E-state index contributed by atoms with van der Waals surface area (Å²) in [5.74, 6) is -1.22. The van der Waals surface area contributed by atoms with Crippen LogP contribution in [0.4, 0.5) is 0 Å². The minimum Gasteiger partial charge on any atom is -0.481 e. The lowest BCUT2D eigenvalue weighted by atomic mass is 10.1. The molecule has 0 bridgehead atoms. The zero-order valence-corrected chi connectivity index (χ0v) is 8.12. The van der Waals surface area contributed by atoms with Crippen molar-refractivity contribution in [2.24, 2.45) is 0 Å². The molecule has 0 aliphatic rings. The summed E-state index contributed by atoms with van der Waals surface area (Å²) in [5.41, 5.74) is 0.385. The number of halogens is 1. The predicted octanol–water partition coefficient (Wildman–Crippen LogP) is 2.39. The van der Waals surface area contributed by atoms with E-state index in [4.69, 9.17) is 16.7 Å². The van der Waals surface area contributed by atoms with Crippen molar-refractivity contribution in [2.75, 3.05) is 0 Å². The molecule has 4 heteroatoms. The highest BCUT2D eigenvalue weighted by molar-refractivity contribution is 6.33. The van der Waals surface area contributed by atoms with E-state index in [0.29, 0.717) is 10.6 Å². The van der Waals surface area contributed by atoms with Gasteiger partial charge in [0.1, 0.15) is 0 Å². The first kappa shape index (κ1) is 10.7. The number of carbonyl (C=O) groups excluding carboxylic acids is 1. The number of hydrogen-bond donors (Lipinski definition) is 1. The van der Waals surface area contributed by atoms with Gasteiger partial charge < -0.3 is 5.11 Å². The standard InChI is InChI=1S/C10H9ClO3/c11-8-4-2-1-3-7(8)9(12)5-6-10(13)14/h1-4H,5-6H2,(H,13,14). The third kappa shape index (κ3) is 2.85. The largest absolute Gasteiger partial charge is 0.481 e. The number of carboxylic acids is 1. The van der Waals surface area contributed by atoms with Crippen LogP contribution in [0.25, 0.3) is 0 Å². The van der Waals surface area contributed by atoms with Crippen molar-refractivity contribution >= 4 is 23.4 Å². The molecule has 0 aliphatic carbocycles. The molecule has 0 aromatic heterocycles. The smallest absolute Gasteiger partial charge is 0.303 e. The van der Waals surface area contributed by atoms with Crippen LogP contribution in [0.15, 0.2) is 24.3 Å². The molecule has 0 amide bonds. The second kappa shape index (κ2) is 4.77. The Bertz CT molecular complexity index is 360. The molecule has 0 atom stereocenters. The van der Waals surface area contributed by atoms with Gasteiger partial charge in [-0.3, -0.25) is 9.59 Å². The van der Waals surface area contributed by atoms with Crippen LogP contribution in [-0.4, -0.2) is 16.9 Å². The minimum atomic E-state index is -0.981. The maximum atomic E-state index is 11.4. The molecule has 1 aromatic carbocycles. The van der Waals surface area contributed by atoms with Gasteiger partial charge in [-0.05, 0) is 12.1 Å². The Morgan fingerprint density at radius 2 is 1.86 bits per heavy atom. The Morgan fingerprint density at radius 3 is 2.43 bits per heavy atom. The lowest BCUT2D eigenvalue weighted by molar-refractivity contribution is -0.136. The van der Waals surface area contributed by atoms with Gasteiger partial charge in [-0.25, -0.2) is 0 Å². The van der Waals surface area contributed by atoms with Crippen molar-refractivity contribution in [3.8, 4) is 0 Å². The van der Waals surface area contributed by atoms with Crippen molar-refractivity contribution in [1.82, 2.24) is 0 Å². The molecule has 3 nitrogen and oxygen atoms in total. The number of ketones is 1. The fraction of sp³-hybridized carbons (Fsp3) is 0.200. The van der Waals surface area contributed by atoms with Gasteiger partial charge in [-0.1, -0.05) is 23.7 Å². The summed E-state index contributed by atoms with van der Waals surface area (Å²) in [4.78, 5) is 21.7. The van der Waals surface area contributed by atoms with E-state index in [1.165, 1.54) is 0 Å². The number of aliphatic carboxylic acids is 1. The quantitative estimate of drug-likeness (QED) is 0.780. The van der Waals surface area contributed by atoms with Crippen LogP contribution in [0, 0.1) is 0 Å². The van der Waals surface area contributed by atoms with Crippen LogP contribution in [0.2, 0.25) is 5.02 Å². The van der Waals surface area contributed by atoms with E-state index in [9.17, 15) is 9.59 Å². The van der Waals surface area contributed by atoms with Crippen molar-refractivity contribution in [3.05, 3.63) is 34.9 Å². The van der Waals surface area contributed by atoms with E-state index < -0.39 is 5.97 Å². The van der Waals surface area contributed by atoms with Crippen molar-refractivity contribution < 1.29 is 14.7 Å². The third-order valence-corrected chi connectivity index (χ3v) is 2.07. The topological polar surface area (TPSA) is 54.4 Å². The molecular formula is C10H9ClO3. The van der Waals surface area contributed by atoms with Gasteiger partial charge in [0.25, 0.3) is 0 Å². The van der Waals surface area contributed by atoms with Gasteiger partial charge in [-0.2, -0.15) is 0 Å². The van der Waals surface area contributed by atoms with E-state index in [-0.39, 0.29) is 18.6 Å². The molecule has 0 aliphatic heterocycles. The van der Waals surface area contributed by atoms with Crippen LogP contribution >= 0.6 is 11.6 Å². The maximum Gasteiger partial charge on any atom is 0.303 e. The highest BCUT2D eigenvalue weighted by atomic mass is 35.5. The maximum absolute atomic E-state index is 11.4. The summed E-state index contributed by atoms with van der Waals surface area (Å²) in [6, 6.07) is 6.61. The zero-order valence-electron chi connectivity index (χ0n) is 7.37. The molecular weight excluding hydrogens is 204 g/mol. The number of carboxylic acid groups (broad SMARTS) is 1. The van der Waals surface area contributed by atoms with Crippen molar-refractivity contribution in [2.45, 2.75) is 12.8 Å². The average molecular weight is 213 g/mol. The Morgan fingerprint density at radius 1 is 1.21 bits per heavy atom. The van der Waals surface area contributed by atoms with Gasteiger partial charge in [0.2, 0.25) is 0 Å². The summed E-state index contributed by atoms with van der Waals surface area (Å²) in [6.07, 6.45) is -0.177. The lowest BCUT2D eigenvalue weighted by Crippen LogP contribution is -2.04. The molecule has 74 valence electrons. The van der Waals surface area contributed by atoms with Crippen molar-refractivity contribution in [3.63, 3.8) is 0 Å². The fourth-order valence-electron chi connectivity index (χ4n) is 1.04. The van der Waals surface area contributed by atoms with Crippen LogP contribution in [0.3, 0.4) is 0 Å². The highest BCUT2D eigenvalue weighted by Crippen LogP contribution is 2.17. The SMILES string of the molecule is O=C(O)CCC(=O)c1ccccc1Cl. The summed E-state index contributed by atoms with van der Waals surface area (Å²) in [6.45, 7) is 0. The molecule has 0 spiro atoms. The van der Waals surface area contributed by atoms with Crippen LogP contribution < -0.4 is 0 Å². The van der Waals surface area contributed by atoms with Gasteiger partial charge in [0, 0.05) is 12.0 Å². The van der Waals surface area contributed by atoms with E-state index in [1.807, 2.05) is 0 Å². The third-order valence-electron chi connectivity index (χ3n) is 1.74. The first-order valence-electron chi connectivity index (χ1n) is 4.11. The zero-order chi connectivity index (χ0) is 10.6. The molecule has 1 aromatic rings. The first-order valence-corrected chi connectivity index (χ1v) is 4.48. The van der Waals surface area contributed by atoms with E-state index in [0.717, 1.165) is 0 Å². The Labute approximate surface area is 86.3 Å². The average Bonchev–Trinajstić information content (AvgIpc) is 2.15. The van der Waals surface area contributed by atoms with Gasteiger partial charge in [-0.15, -0.1) is 0 Å². The normalized spacial score (nSPS) is 9.79. The van der Waals surface area contributed by atoms with Gasteiger partial charge in [0.05, 0.1) is 11.4 Å². The van der Waals surface area contributed by atoms with E-state index >= 15 is 0 Å². The molecule has 0 saturated carbocycles. The van der Waals surface area contributed by atoms with Gasteiger partial charge in [0.15, 0.2) is 5.78 Å².